The highest BCUT2D eigenvalue weighted by Gasteiger charge is 2.23. The molecule has 0 aromatic carbocycles. The normalized spacial score (nSPS) is 13.5. The number of rotatable bonds is 1. The number of hydrogen-bond donors (Lipinski definition) is 2. The fraction of sp³-hybridized carbons (Fsp3) is 0.250. The van der Waals surface area contributed by atoms with Crippen LogP contribution < -0.4 is 4.74 Å². The quantitative estimate of drug-likeness (QED) is 0.656. The predicted molar refractivity (Wildman–Crippen MR) is 42.1 cm³/mol. The average Bonchev–Trinajstić information content (AvgIpc) is 2.52. The van der Waals surface area contributed by atoms with E-state index in [9.17, 15) is 9.90 Å². The first-order valence-corrected chi connectivity index (χ1v) is 3.77. The number of aromatic carboxylic acids is 1. The molecule has 0 saturated heterocycles. The van der Waals surface area contributed by atoms with Crippen molar-refractivity contribution >= 4 is 5.97 Å². The molecular formula is C8H7NO4. The third-order valence-corrected chi connectivity index (χ3v) is 1.90. The van der Waals surface area contributed by atoms with E-state index in [1.54, 1.807) is 0 Å². The van der Waals surface area contributed by atoms with Gasteiger partial charge in [0.05, 0.1) is 6.61 Å². The Labute approximate surface area is 73.6 Å². The molecule has 2 N–H and O–H groups in total. The molecule has 13 heavy (non-hydrogen) atoms. The van der Waals surface area contributed by atoms with Gasteiger partial charge in [-0.15, -0.1) is 0 Å². The number of carbonyl (C=O) groups is 1. The van der Waals surface area contributed by atoms with E-state index in [2.05, 4.69) is 4.98 Å². The molecule has 0 amide bonds. The third-order valence-electron chi connectivity index (χ3n) is 1.90. The van der Waals surface area contributed by atoms with Crippen LogP contribution in [0, 0.1) is 0 Å². The summed E-state index contributed by atoms with van der Waals surface area (Å²) < 4.78 is 5.07. The van der Waals surface area contributed by atoms with E-state index in [0.29, 0.717) is 13.0 Å². The van der Waals surface area contributed by atoms with Gasteiger partial charge in [-0.05, 0) is 0 Å². The Morgan fingerprint density at radius 3 is 3.08 bits per heavy atom. The number of carboxylic acids is 1. The zero-order valence-electron chi connectivity index (χ0n) is 6.65. The maximum Gasteiger partial charge on any atom is 0.358 e. The lowest BCUT2D eigenvalue weighted by Gasteiger charge is -2.03. The molecule has 1 aliphatic heterocycles. The highest BCUT2D eigenvalue weighted by molar-refractivity contribution is 5.89. The maximum absolute atomic E-state index is 10.5. The van der Waals surface area contributed by atoms with Crippen LogP contribution in [-0.2, 0) is 6.42 Å². The van der Waals surface area contributed by atoms with Crippen molar-refractivity contribution in [2.75, 3.05) is 6.61 Å². The van der Waals surface area contributed by atoms with E-state index >= 15 is 0 Å². The van der Waals surface area contributed by atoms with Gasteiger partial charge in [0.25, 0.3) is 0 Å². The second kappa shape index (κ2) is 2.62. The molecule has 1 aliphatic rings. The second-order valence-corrected chi connectivity index (χ2v) is 2.71. The Hall–Kier alpha value is -1.78. The van der Waals surface area contributed by atoms with Gasteiger partial charge >= 0.3 is 5.97 Å². The van der Waals surface area contributed by atoms with Crippen molar-refractivity contribution < 1.29 is 19.7 Å². The first kappa shape index (κ1) is 7.85. The van der Waals surface area contributed by atoms with Gasteiger partial charge in [0.1, 0.15) is 0 Å². The summed E-state index contributed by atoms with van der Waals surface area (Å²) in [6, 6.07) is 0. The van der Waals surface area contributed by atoms with E-state index < -0.39 is 5.97 Å². The number of carboxylic acid groups (broad SMARTS) is 1. The van der Waals surface area contributed by atoms with Crippen molar-refractivity contribution in [1.29, 1.82) is 0 Å². The van der Waals surface area contributed by atoms with E-state index in [4.69, 9.17) is 9.84 Å². The number of aromatic nitrogens is 1. The van der Waals surface area contributed by atoms with E-state index in [0.717, 1.165) is 5.56 Å². The van der Waals surface area contributed by atoms with Crippen LogP contribution in [0.25, 0.3) is 0 Å². The molecule has 0 unspecified atom stereocenters. The molecule has 5 nitrogen and oxygen atoms in total. The zero-order valence-corrected chi connectivity index (χ0v) is 6.65. The highest BCUT2D eigenvalue weighted by Crippen LogP contribution is 2.35. The second-order valence-electron chi connectivity index (χ2n) is 2.71. The Balaban J connectivity index is 2.59. The Bertz CT molecular complexity index is 375. The number of fused-ring (bicyclic) bond motifs is 1. The van der Waals surface area contributed by atoms with Gasteiger partial charge in [0.15, 0.2) is 17.2 Å². The molecule has 68 valence electrons. The van der Waals surface area contributed by atoms with Crippen LogP contribution in [0.4, 0.5) is 0 Å². The Morgan fingerprint density at radius 1 is 1.62 bits per heavy atom. The summed E-state index contributed by atoms with van der Waals surface area (Å²) in [5.41, 5.74) is 0.392. The monoisotopic (exact) mass is 181 g/mol. The first-order valence-electron chi connectivity index (χ1n) is 3.77. The summed E-state index contributed by atoms with van der Waals surface area (Å²) in [7, 11) is 0. The minimum atomic E-state index is -1.25. The predicted octanol–water partition coefficient (Wildman–Crippen LogP) is 0.420. The van der Waals surface area contributed by atoms with Gasteiger partial charge in [0, 0.05) is 18.2 Å². The van der Waals surface area contributed by atoms with Gasteiger partial charge in [-0.3, -0.25) is 0 Å². The minimum absolute atomic E-state index is 0.257. The molecule has 0 radical (unpaired) electrons. The summed E-state index contributed by atoms with van der Waals surface area (Å²) in [4.78, 5) is 14.2. The molecule has 1 aromatic rings. The Kier molecular flexibility index (Phi) is 1.58. The standard InChI is InChI=1S/C8H7NO4/c10-6-5(8(11)12)9-3-4-1-2-13-7(4)6/h3,10H,1-2H2,(H,11,12). The van der Waals surface area contributed by atoms with Crippen molar-refractivity contribution in [3.63, 3.8) is 0 Å². The smallest absolute Gasteiger partial charge is 0.358 e. The van der Waals surface area contributed by atoms with Crippen LogP contribution in [0.15, 0.2) is 6.20 Å². The summed E-state index contributed by atoms with van der Waals surface area (Å²) in [5.74, 6) is -1.37. The van der Waals surface area contributed by atoms with E-state index in [-0.39, 0.29) is 17.2 Å². The zero-order chi connectivity index (χ0) is 9.42. The van der Waals surface area contributed by atoms with Crippen molar-refractivity contribution in [1.82, 2.24) is 4.98 Å². The fourth-order valence-corrected chi connectivity index (χ4v) is 1.28. The SMILES string of the molecule is O=C(O)c1ncc2c(c1O)OCC2. The van der Waals surface area contributed by atoms with Crippen molar-refractivity contribution in [2.24, 2.45) is 0 Å². The molecule has 1 aromatic heterocycles. The number of hydrogen-bond acceptors (Lipinski definition) is 4. The third kappa shape index (κ3) is 1.09. The van der Waals surface area contributed by atoms with Crippen LogP contribution in [0.1, 0.15) is 16.1 Å². The average molecular weight is 181 g/mol. The van der Waals surface area contributed by atoms with Crippen LogP contribution in [0.2, 0.25) is 0 Å². The molecule has 5 heteroatoms. The number of nitrogens with zero attached hydrogens (tertiary/aromatic N) is 1. The van der Waals surface area contributed by atoms with Crippen LogP contribution in [0.3, 0.4) is 0 Å². The topological polar surface area (TPSA) is 79.7 Å². The van der Waals surface area contributed by atoms with E-state index in [1.807, 2.05) is 0 Å². The molecule has 0 aliphatic carbocycles. The van der Waals surface area contributed by atoms with Gasteiger partial charge in [-0.1, -0.05) is 0 Å². The van der Waals surface area contributed by atoms with Gasteiger partial charge in [0.2, 0.25) is 0 Å². The highest BCUT2D eigenvalue weighted by atomic mass is 16.5. The lowest BCUT2D eigenvalue weighted by Crippen LogP contribution is -2.01. The molecule has 0 bridgehead atoms. The van der Waals surface area contributed by atoms with Crippen LogP contribution in [-0.4, -0.2) is 27.8 Å². The molecule has 2 heterocycles. The lowest BCUT2D eigenvalue weighted by atomic mass is 10.2. The Morgan fingerprint density at radius 2 is 2.38 bits per heavy atom. The summed E-state index contributed by atoms with van der Waals surface area (Å²) in [6.45, 7) is 0.466. The minimum Gasteiger partial charge on any atom is -0.503 e. The molecule has 0 atom stereocenters. The largest absolute Gasteiger partial charge is 0.503 e. The maximum atomic E-state index is 10.5. The molecular weight excluding hydrogens is 174 g/mol. The summed E-state index contributed by atoms with van der Waals surface area (Å²) in [6.07, 6.45) is 2.08. The molecule has 0 saturated carbocycles. The summed E-state index contributed by atoms with van der Waals surface area (Å²) >= 11 is 0. The summed E-state index contributed by atoms with van der Waals surface area (Å²) in [5, 5.41) is 18.0. The van der Waals surface area contributed by atoms with Crippen LogP contribution in [0.5, 0.6) is 11.5 Å². The molecule has 0 spiro atoms. The first-order chi connectivity index (χ1) is 6.20. The van der Waals surface area contributed by atoms with Gasteiger partial charge in [-0.25, -0.2) is 9.78 Å². The number of ether oxygens (including phenoxy) is 1. The van der Waals surface area contributed by atoms with Crippen molar-refractivity contribution in [3.8, 4) is 11.5 Å². The van der Waals surface area contributed by atoms with E-state index in [1.165, 1.54) is 6.20 Å². The number of aromatic hydroxyl groups is 1. The molecule has 2 rings (SSSR count). The fourth-order valence-electron chi connectivity index (χ4n) is 1.28. The molecule has 0 fully saturated rings. The van der Waals surface area contributed by atoms with Crippen LogP contribution >= 0.6 is 0 Å². The van der Waals surface area contributed by atoms with Gasteiger partial charge in [-0.2, -0.15) is 0 Å². The number of pyridine rings is 1. The van der Waals surface area contributed by atoms with Gasteiger partial charge < -0.3 is 14.9 Å². The lowest BCUT2D eigenvalue weighted by molar-refractivity contribution is 0.0686. The van der Waals surface area contributed by atoms with Crippen molar-refractivity contribution in [3.05, 3.63) is 17.5 Å². The van der Waals surface area contributed by atoms with Crippen molar-refractivity contribution in [2.45, 2.75) is 6.42 Å².